The maximum atomic E-state index is 11.1. The molecule has 0 aromatic heterocycles. The first kappa shape index (κ1) is 10.0. The van der Waals surface area contributed by atoms with Crippen LogP contribution in [0.1, 0.15) is 27.2 Å². The summed E-state index contributed by atoms with van der Waals surface area (Å²) in [7, 11) is 0. The van der Waals surface area contributed by atoms with E-state index in [4.69, 9.17) is 0 Å². The predicted molar refractivity (Wildman–Crippen MR) is 47.5 cm³/mol. The van der Waals surface area contributed by atoms with Crippen LogP contribution in [-0.2, 0) is 4.79 Å². The average Bonchev–Trinajstić information content (AvgIpc) is 1.98. The van der Waals surface area contributed by atoms with Crippen LogP contribution in [0.2, 0.25) is 0 Å². The van der Waals surface area contributed by atoms with Gasteiger partial charge in [-0.25, -0.2) is 0 Å². The Labute approximate surface area is 67.6 Å². The summed E-state index contributed by atoms with van der Waals surface area (Å²) in [4.78, 5) is 11.1. The van der Waals surface area contributed by atoms with Crippen LogP contribution in [0.3, 0.4) is 0 Å². The predicted octanol–water partition coefficient (Wildman–Crippen LogP) is 2.35. The maximum Gasteiger partial charge on any atom is 0.145 e. The lowest BCUT2D eigenvalue weighted by atomic mass is 10.1. The zero-order valence-corrected chi connectivity index (χ0v) is 7.83. The van der Waals surface area contributed by atoms with E-state index in [1.54, 1.807) is 11.8 Å². The molecule has 0 aromatic carbocycles. The summed E-state index contributed by atoms with van der Waals surface area (Å²) in [5, 5.41) is 0. The normalized spacial score (nSPS) is 13.1. The highest BCUT2D eigenvalue weighted by molar-refractivity contribution is 7.99. The summed E-state index contributed by atoms with van der Waals surface area (Å²) in [6.45, 7) is 6.13. The smallest absolute Gasteiger partial charge is 0.145 e. The van der Waals surface area contributed by atoms with Gasteiger partial charge in [0.05, 0.1) is 5.75 Å². The molecule has 0 rings (SSSR count). The molecule has 0 amide bonds. The van der Waals surface area contributed by atoms with Crippen LogP contribution in [0.25, 0.3) is 0 Å². The minimum absolute atomic E-state index is 0.263. The second kappa shape index (κ2) is 5.78. The van der Waals surface area contributed by atoms with E-state index in [-0.39, 0.29) is 5.92 Å². The molecule has 0 saturated heterocycles. The highest BCUT2D eigenvalue weighted by Crippen LogP contribution is 2.07. The van der Waals surface area contributed by atoms with Gasteiger partial charge in [-0.05, 0) is 12.2 Å². The van der Waals surface area contributed by atoms with Crippen LogP contribution in [-0.4, -0.2) is 17.3 Å². The largest absolute Gasteiger partial charge is 0.298 e. The summed E-state index contributed by atoms with van der Waals surface area (Å²) < 4.78 is 0. The number of carbonyl (C=O) groups is 1. The first-order valence-electron chi connectivity index (χ1n) is 3.82. The van der Waals surface area contributed by atoms with Gasteiger partial charge in [0.2, 0.25) is 0 Å². The molecule has 1 nitrogen and oxygen atoms in total. The van der Waals surface area contributed by atoms with E-state index in [2.05, 4.69) is 13.8 Å². The number of rotatable bonds is 5. The van der Waals surface area contributed by atoms with Crippen LogP contribution in [0.15, 0.2) is 0 Å². The van der Waals surface area contributed by atoms with Crippen molar-refractivity contribution in [1.29, 1.82) is 0 Å². The van der Waals surface area contributed by atoms with E-state index in [0.717, 1.165) is 12.2 Å². The molecule has 1 atom stereocenters. The minimum atomic E-state index is 0.263. The van der Waals surface area contributed by atoms with Crippen LogP contribution in [0, 0.1) is 5.92 Å². The van der Waals surface area contributed by atoms with Crippen molar-refractivity contribution in [2.45, 2.75) is 27.2 Å². The summed E-state index contributed by atoms with van der Waals surface area (Å²) in [5.74, 6) is 2.40. The Morgan fingerprint density at radius 1 is 1.50 bits per heavy atom. The maximum absolute atomic E-state index is 11.1. The van der Waals surface area contributed by atoms with Crippen molar-refractivity contribution in [1.82, 2.24) is 0 Å². The molecule has 0 aromatic rings. The van der Waals surface area contributed by atoms with Crippen LogP contribution >= 0.6 is 11.8 Å². The third-order valence-corrected chi connectivity index (χ3v) is 2.51. The number of hydrogen-bond acceptors (Lipinski definition) is 2. The van der Waals surface area contributed by atoms with Crippen molar-refractivity contribution in [2.24, 2.45) is 5.92 Å². The minimum Gasteiger partial charge on any atom is -0.298 e. The third-order valence-electron chi connectivity index (χ3n) is 1.61. The van der Waals surface area contributed by atoms with E-state index < -0.39 is 0 Å². The van der Waals surface area contributed by atoms with Gasteiger partial charge in [0, 0.05) is 5.92 Å². The number of thioether (sulfide) groups is 1. The topological polar surface area (TPSA) is 17.1 Å². The zero-order chi connectivity index (χ0) is 7.98. The molecule has 10 heavy (non-hydrogen) atoms. The van der Waals surface area contributed by atoms with Gasteiger partial charge in [0.25, 0.3) is 0 Å². The summed E-state index contributed by atoms with van der Waals surface area (Å²) >= 11 is 1.71. The summed E-state index contributed by atoms with van der Waals surface area (Å²) in [6, 6.07) is 0. The number of Topliss-reactive ketones (excluding diaryl/α,β-unsaturated/α-hetero) is 1. The van der Waals surface area contributed by atoms with E-state index in [1.807, 2.05) is 6.92 Å². The van der Waals surface area contributed by atoms with Crippen LogP contribution < -0.4 is 0 Å². The Morgan fingerprint density at radius 3 is 2.50 bits per heavy atom. The van der Waals surface area contributed by atoms with Crippen molar-refractivity contribution in [2.75, 3.05) is 11.5 Å². The molecule has 1 unspecified atom stereocenters. The molecule has 0 heterocycles. The lowest BCUT2D eigenvalue weighted by molar-refractivity contribution is -0.119. The van der Waals surface area contributed by atoms with E-state index in [9.17, 15) is 4.79 Å². The van der Waals surface area contributed by atoms with Gasteiger partial charge in [-0.3, -0.25) is 4.79 Å². The fourth-order valence-electron chi connectivity index (χ4n) is 0.573. The third kappa shape index (κ3) is 3.94. The quantitative estimate of drug-likeness (QED) is 0.614. The molecule has 0 aliphatic heterocycles. The standard InChI is InChI=1S/C8H16OS/c1-4-7(3)8(9)6-10-5-2/h7H,4-6H2,1-3H3. The Balaban J connectivity index is 3.42. The van der Waals surface area contributed by atoms with E-state index in [0.29, 0.717) is 11.5 Å². The zero-order valence-electron chi connectivity index (χ0n) is 7.02. The lowest BCUT2D eigenvalue weighted by Crippen LogP contribution is -2.12. The fourth-order valence-corrected chi connectivity index (χ4v) is 1.26. The van der Waals surface area contributed by atoms with E-state index in [1.165, 1.54) is 0 Å². The second-order valence-corrected chi connectivity index (χ2v) is 3.69. The molecule has 0 N–H and O–H groups in total. The molecule has 0 bridgehead atoms. The second-order valence-electron chi connectivity index (χ2n) is 2.41. The number of carbonyl (C=O) groups excluding carboxylic acids is 1. The Kier molecular flexibility index (Phi) is 5.79. The van der Waals surface area contributed by atoms with Gasteiger partial charge in [-0.2, -0.15) is 11.8 Å². The average molecular weight is 160 g/mol. The number of ketones is 1. The van der Waals surface area contributed by atoms with Crippen molar-refractivity contribution >= 4 is 17.5 Å². The van der Waals surface area contributed by atoms with Gasteiger partial charge >= 0.3 is 0 Å². The Morgan fingerprint density at radius 2 is 2.10 bits per heavy atom. The molecular weight excluding hydrogens is 144 g/mol. The molecule has 0 radical (unpaired) electrons. The molecule has 2 heteroatoms. The molecule has 0 aliphatic carbocycles. The Hall–Kier alpha value is 0.0200. The molecule has 0 spiro atoms. The van der Waals surface area contributed by atoms with Gasteiger partial charge in [-0.15, -0.1) is 0 Å². The molecule has 0 saturated carbocycles. The number of hydrogen-bond donors (Lipinski definition) is 0. The fraction of sp³-hybridized carbons (Fsp3) is 0.875. The highest BCUT2D eigenvalue weighted by Gasteiger charge is 2.08. The monoisotopic (exact) mass is 160 g/mol. The summed E-state index contributed by atoms with van der Waals surface area (Å²) in [5.41, 5.74) is 0. The molecule has 60 valence electrons. The molecule has 0 aliphatic rings. The SMILES string of the molecule is CCSCC(=O)C(C)CC. The highest BCUT2D eigenvalue weighted by atomic mass is 32.2. The van der Waals surface area contributed by atoms with Crippen molar-refractivity contribution in [3.63, 3.8) is 0 Å². The first-order chi connectivity index (χ1) is 4.72. The van der Waals surface area contributed by atoms with Crippen molar-refractivity contribution in [3.05, 3.63) is 0 Å². The van der Waals surface area contributed by atoms with Gasteiger partial charge in [0.15, 0.2) is 0 Å². The van der Waals surface area contributed by atoms with Gasteiger partial charge in [-0.1, -0.05) is 20.8 Å². The van der Waals surface area contributed by atoms with Crippen LogP contribution in [0.4, 0.5) is 0 Å². The van der Waals surface area contributed by atoms with Crippen molar-refractivity contribution < 1.29 is 4.79 Å². The lowest BCUT2D eigenvalue weighted by Gasteiger charge is -2.04. The van der Waals surface area contributed by atoms with Gasteiger partial charge < -0.3 is 0 Å². The van der Waals surface area contributed by atoms with Crippen LogP contribution in [0.5, 0.6) is 0 Å². The summed E-state index contributed by atoms with van der Waals surface area (Å²) in [6.07, 6.45) is 0.975. The molecular formula is C8H16OS. The first-order valence-corrected chi connectivity index (χ1v) is 4.98. The van der Waals surface area contributed by atoms with Gasteiger partial charge in [0.1, 0.15) is 5.78 Å². The van der Waals surface area contributed by atoms with Crippen molar-refractivity contribution in [3.8, 4) is 0 Å². The molecule has 0 fully saturated rings. The van der Waals surface area contributed by atoms with E-state index >= 15 is 0 Å². The Bertz CT molecular complexity index is 101.